The maximum absolute atomic E-state index is 13.8. The first-order chi connectivity index (χ1) is 12.9. The van der Waals surface area contributed by atoms with Crippen LogP contribution in [0.3, 0.4) is 0 Å². The van der Waals surface area contributed by atoms with Gasteiger partial charge >= 0.3 is 5.97 Å². The summed E-state index contributed by atoms with van der Waals surface area (Å²) in [5, 5.41) is 0. The summed E-state index contributed by atoms with van der Waals surface area (Å²) in [7, 11) is 1.61. The maximum atomic E-state index is 13.8. The first-order valence-electron chi connectivity index (χ1n) is 9.36. The lowest BCUT2D eigenvalue weighted by molar-refractivity contribution is -0.146. The standard InChI is InChI=1S/C20H30FNO5/c1-13(2)15-10-19(27-20(15)23)17(22)12-25-11-14-5-6-16(21)18(9-14)26-8-4-7-24-3/h5-6,9,13,15,17,19H,4,7-8,10-12,22H2,1-3H3/t15-,17?,19?/m0/s1. The minimum absolute atomic E-state index is 0.101. The molecule has 2 unspecified atom stereocenters. The molecule has 1 aromatic rings. The van der Waals surface area contributed by atoms with E-state index >= 15 is 0 Å². The van der Waals surface area contributed by atoms with Gasteiger partial charge in [-0.3, -0.25) is 4.79 Å². The van der Waals surface area contributed by atoms with Crippen molar-refractivity contribution < 1.29 is 28.1 Å². The molecule has 27 heavy (non-hydrogen) atoms. The van der Waals surface area contributed by atoms with E-state index in [0.29, 0.717) is 26.1 Å². The SMILES string of the molecule is COCCCOc1cc(COCC(N)C2C[C@@H](C(C)C)C(=O)O2)ccc1F. The van der Waals surface area contributed by atoms with E-state index < -0.39 is 5.82 Å². The fourth-order valence-corrected chi connectivity index (χ4v) is 2.99. The Kier molecular flexibility index (Phi) is 8.47. The van der Waals surface area contributed by atoms with Gasteiger partial charge in [-0.2, -0.15) is 0 Å². The van der Waals surface area contributed by atoms with Crippen LogP contribution in [0.15, 0.2) is 18.2 Å². The average molecular weight is 383 g/mol. The fraction of sp³-hybridized carbons (Fsp3) is 0.650. The van der Waals surface area contributed by atoms with Gasteiger partial charge in [0.15, 0.2) is 11.6 Å². The molecule has 1 heterocycles. The molecule has 6 nitrogen and oxygen atoms in total. The van der Waals surface area contributed by atoms with Crippen molar-refractivity contribution in [1.29, 1.82) is 0 Å². The van der Waals surface area contributed by atoms with Crippen molar-refractivity contribution in [2.24, 2.45) is 17.6 Å². The second-order valence-electron chi connectivity index (χ2n) is 7.20. The first-order valence-corrected chi connectivity index (χ1v) is 9.36. The Balaban J connectivity index is 1.78. The van der Waals surface area contributed by atoms with Gasteiger partial charge in [0.25, 0.3) is 0 Å². The van der Waals surface area contributed by atoms with Crippen LogP contribution in [0.1, 0.15) is 32.3 Å². The molecule has 1 aromatic carbocycles. The number of carbonyl (C=O) groups is 1. The number of nitrogens with two attached hydrogens (primary N) is 1. The summed E-state index contributed by atoms with van der Waals surface area (Å²) in [6, 6.07) is 4.24. The van der Waals surface area contributed by atoms with Gasteiger partial charge in [0.1, 0.15) is 6.10 Å². The van der Waals surface area contributed by atoms with Crippen LogP contribution in [0.25, 0.3) is 0 Å². The average Bonchev–Trinajstić information content (AvgIpc) is 3.03. The number of rotatable bonds is 11. The summed E-state index contributed by atoms with van der Waals surface area (Å²) >= 11 is 0. The monoisotopic (exact) mass is 383 g/mol. The number of benzene rings is 1. The van der Waals surface area contributed by atoms with E-state index in [0.717, 1.165) is 5.56 Å². The van der Waals surface area contributed by atoms with Gasteiger partial charge in [-0.1, -0.05) is 19.9 Å². The fourth-order valence-electron chi connectivity index (χ4n) is 2.99. The van der Waals surface area contributed by atoms with Gasteiger partial charge in [0.2, 0.25) is 0 Å². The van der Waals surface area contributed by atoms with Crippen LogP contribution < -0.4 is 10.5 Å². The van der Waals surface area contributed by atoms with E-state index in [4.69, 9.17) is 24.7 Å². The number of esters is 1. The van der Waals surface area contributed by atoms with Crippen molar-refractivity contribution in [3.8, 4) is 5.75 Å². The molecule has 1 saturated heterocycles. The van der Waals surface area contributed by atoms with Crippen LogP contribution in [-0.4, -0.2) is 45.0 Å². The maximum Gasteiger partial charge on any atom is 0.309 e. The summed E-state index contributed by atoms with van der Waals surface area (Å²) in [6.45, 7) is 5.47. The van der Waals surface area contributed by atoms with E-state index in [9.17, 15) is 9.18 Å². The van der Waals surface area contributed by atoms with Gasteiger partial charge in [0, 0.05) is 20.1 Å². The lowest BCUT2D eigenvalue weighted by Gasteiger charge is -2.18. The van der Waals surface area contributed by atoms with Crippen LogP contribution >= 0.6 is 0 Å². The van der Waals surface area contributed by atoms with Crippen molar-refractivity contribution in [1.82, 2.24) is 0 Å². The minimum atomic E-state index is -0.412. The Bertz CT molecular complexity index is 610. The molecule has 1 aliphatic rings. The van der Waals surface area contributed by atoms with Crippen molar-refractivity contribution in [2.45, 2.75) is 45.4 Å². The number of cyclic esters (lactones) is 1. The number of hydrogen-bond donors (Lipinski definition) is 1. The van der Waals surface area contributed by atoms with Crippen LogP contribution in [-0.2, 0) is 25.6 Å². The van der Waals surface area contributed by atoms with Gasteiger partial charge < -0.3 is 24.7 Å². The third-order valence-corrected chi connectivity index (χ3v) is 4.66. The van der Waals surface area contributed by atoms with Crippen molar-refractivity contribution >= 4 is 5.97 Å². The first kappa shape index (κ1) is 21.6. The van der Waals surface area contributed by atoms with E-state index in [1.807, 2.05) is 13.8 Å². The Morgan fingerprint density at radius 2 is 2.11 bits per heavy atom. The lowest BCUT2D eigenvalue weighted by Crippen LogP contribution is -2.38. The van der Waals surface area contributed by atoms with Crippen molar-refractivity contribution in [2.75, 3.05) is 26.9 Å². The normalized spacial score (nSPS) is 20.7. The van der Waals surface area contributed by atoms with Gasteiger partial charge in [-0.05, 0) is 30.0 Å². The molecular formula is C20H30FNO5. The molecule has 0 aliphatic carbocycles. The summed E-state index contributed by atoms with van der Waals surface area (Å²) in [4.78, 5) is 11.8. The van der Waals surface area contributed by atoms with Crippen molar-refractivity contribution in [3.63, 3.8) is 0 Å². The molecular weight excluding hydrogens is 353 g/mol. The third kappa shape index (κ3) is 6.45. The minimum Gasteiger partial charge on any atom is -0.490 e. The molecule has 0 aromatic heterocycles. The van der Waals surface area contributed by atoms with Gasteiger partial charge in [0.05, 0.1) is 31.8 Å². The Morgan fingerprint density at radius 1 is 1.33 bits per heavy atom. The molecule has 1 fully saturated rings. The van der Waals surface area contributed by atoms with E-state index in [1.54, 1.807) is 19.2 Å². The van der Waals surface area contributed by atoms with Gasteiger partial charge in [-0.25, -0.2) is 4.39 Å². The molecule has 1 aliphatic heterocycles. The van der Waals surface area contributed by atoms with Crippen molar-refractivity contribution in [3.05, 3.63) is 29.6 Å². The molecule has 3 atom stereocenters. The molecule has 0 amide bonds. The van der Waals surface area contributed by atoms with E-state index in [2.05, 4.69) is 0 Å². The zero-order valence-corrected chi connectivity index (χ0v) is 16.3. The third-order valence-electron chi connectivity index (χ3n) is 4.66. The van der Waals surface area contributed by atoms with Crippen LogP contribution in [0.2, 0.25) is 0 Å². The Labute approximate surface area is 160 Å². The smallest absolute Gasteiger partial charge is 0.309 e. The van der Waals surface area contributed by atoms with Crippen LogP contribution in [0.4, 0.5) is 4.39 Å². The molecule has 0 spiro atoms. The van der Waals surface area contributed by atoms with E-state index in [1.165, 1.54) is 6.07 Å². The summed E-state index contributed by atoms with van der Waals surface area (Å²) in [5.41, 5.74) is 6.90. The second kappa shape index (κ2) is 10.6. The quantitative estimate of drug-likeness (QED) is 0.467. The largest absolute Gasteiger partial charge is 0.490 e. The summed E-state index contributed by atoms with van der Waals surface area (Å²) in [6.07, 6.45) is 0.984. The molecule has 0 saturated carbocycles. The molecule has 2 rings (SSSR count). The second-order valence-corrected chi connectivity index (χ2v) is 7.20. The Morgan fingerprint density at radius 3 is 2.78 bits per heavy atom. The topological polar surface area (TPSA) is 80.0 Å². The highest BCUT2D eigenvalue weighted by molar-refractivity contribution is 5.75. The molecule has 0 radical (unpaired) electrons. The van der Waals surface area contributed by atoms with E-state index in [-0.39, 0.29) is 48.9 Å². The predicted molar refractivity (Wildman–Crippen MR) is 98.8 cm³/mol. The highest BCUT2D eigenvalue weighted by Gasteiger charge is 2.39. The molecule has 7 heteroatoms. The van der Waals surface area contributed by atoms with Crippen LogP contribution in [0, 0.1) is 17.7 Å². The highest BCUT2D eigenvalue weighted by atomic mass is 19.1. The highest BCUT2D eigenvalue weighted by Crippen LogP contribution is 2.29. The number of hydrogen-bond acceptors (Lipinski definition) is 6. The van der Waals surface area contributed by atoms with Crippen LogP contribution in [0.5, 0.6) is 5.75 Å². The zero-order chi connectivity index (χ0) is 19.8. The Hall–Kier alpha value is -1.70. The van der Waals surface area contributed by atoms with Gasteiger partial charge in [-0.15, -0.1) is 0 Å². The summed E-state index contributed by atoms with van der Waals surface area (Å²) in [5.74, 6) is -0.265. The number of ether oxygens (including phenoxy) is 4. The molecule has 0 bridgehead atoms. The lowest BCUT2D eigenvalue weighted by atomic mass is 9.91. The summed E-state index contributed by atoms with van der Waals surface area (Å²) < 4.78 is 35.2. The molecule has 2 N–H and O–H groups in total. The number of carbonyl (C=O) groups excluding carboxylic acids is 1. The predicted octanol–water partition coefficient (Wildman–Crippen LogP) is 2.67. The molecule has 152 valence electrons. The number of halogens is 1. The number of methoxy groups -OCH3 is 1. The zero-order valence-electron chi connectivity index (χ0n) is 16.3.